The largest absolute Gasteiger partial charge is 0.352 e. The van der Waals surface area contributed by atoms with E-state index in [0.29, 0.717) is 22.2 Å². The summed E-state index contributed by atoms with van der Waals surface area (Å²) in [5.74, 6) is -0.662. The van der Waals surface area contributed by atoms with Gasteiger partial charge in [0.15, 0.2) is 0 Å². The molecular formula is C24H29Cl2N3O2. The van der Waals surface area contributed by atoms with E-state index < -0.39 is 6.04 Å². The number of nitrogens with one attached hydrogen (secondary N) is 2. The van der Waals surface area contributed by atoms with Crippen LogP contribution in [-0.2, 0) is 4.79 Å². The van der Waals surface area contributed by atoms with Gasteiger partial charge in [-0.25, -0.2) is 0 Å². The summed E-state index contributed by atoms with van der Waals surface area (Å²) in [5.41, 5.74) is 1.36. The van der Waals surface area contributed by atoms with Gasteiger partial charge in [-0.15, -0.1) is 0 Å². The summed E-state index contributed by atoms with van der Waals surface area (Å²) in [6, 6.07) is 13.9. The maximum absolute atomic E-state index is 13.1. The normalized spacial score (nSPS) is 16.2. The molecule has 0 aromatic heterocycles. The second kappa shape index (κ2) is 11.0. The maximum atomic E-state index is 13.1. The van der Waals surface area contributed by atoms with Crippen LogP contribution in [0.2, 0.25) is 10.0 Å². The summed E-state index contributed by atoms with van der Waals surface area (Å²) in [6.45, 7) is 6.19. The number of carbonyl (C=O) groups is 2. The smallest absolute Gasteiger partial charge is 0.253 e. The van der Waals surface area contributed by atoms with Crippen LogP contribution in [0.1, 0.15) is 48.7 Å². The molecule has 2 atom stereocenters. The van der Waals surface area contributed by atoms with Gasteiger partial charge in [0, 0.05) is 11.6 Å². The van der Waals surface area contributed by atoms with Crippen LogP contribution in [0, 0.1) is 5.92 Å². The lowest BCUT2D eigenvalue weighted by Gasteiger charge is -2.30. The minimum absolute atomic E-state index is 0.00719. The highest BCUT2D eigenvalue weighted by Gasteiger charge is 2.29. The number of hydrogen-bond donors (Lipinski definition) is 2. The summed E-state index contributed by atoms with van der Waals surface area (Å²) >= 11 is 12.6. The van der Waals surface area contributed by atoms with E-state index in [2.05, 4.69) is 15.5 Å². The average molecular weight is 462 g/mol. The Balaban J connectivity index is 1.71. The fourth-order valence-electron chi connectivity index (χ4n) is 3.94. The zero-order valence-corrected chi connectivity index (χ0v) is 19.4. The van der Waals surface area contributed by atoms with E-state index in [0.717, 1.165) is 31.5 Å². The Morgan fingerprint density at radius 3 is 2.19 bits per heavy atom. The number of benzene rings is 2. The van der Waals surface area contributed by atoms with Gasteiger partial charge in [-0.3, -0.25) is 14.5 Å². The van der Waals surface area contributed by atoms with Gasteiger partial charge in [-0.05, 0) is 55.6 Å². The van der Waals surface area contributed by atoms with Gasteiger partial charge in [0.1, 0.15) is 6.04 Å². The first-order valence-corrected chi connectivity index (χ1v) is 11.5. The molecule has 2 N–H and O–H groups in total. The first kappa shape index (κ1) is 23.6. The van der Waals surface area contributed by atoms with Crippen molar-refractivity contribution in [2.75, 3.05) is 19.6 Å². The molecule has 0 radical (unpaired) electrons. The van der Waals surface area contributed by atoms with Crippen LogP contribution in [0.3, 0.4) is 0 Å². The van der Waals surface area contributed by atoms with Gasteiger partial charge in [-0.1, -0.05) is 67.4 Å². The van der Waals surface area contributed by atoms with Gasteiger partial charge in [0.25, 0.3) is 5.91 Å². The SMILES string of the molecule is CC(C)[C@H](NC(=O)c1ccccc1Cl)C(=O)NC[C@H](c1ccccc1Cl)N1CCCC1. The summed E-state index contributed by atoms with van der Waals surface area (Å²) < 4.78 is 0. The van der Waals surface area contributed by atoms with Crippen LogP contribution < -0.4 is 10.6 Å². The van der Waals surface area contributed by atoms with Crippen molar-refractivity contribution in [3.05, 3.63) is 69.7 Å². The molecule has 3 rings (SSSR count). The van der Waals surface area contributed by atoms with Crippen LogP contribution in [0.4, 0.5) is 0 Å². The number of rotatable bonds is 8. The number of carbonyl (C=O) groups excluding carboxylic acids is 2. The van der Waals surface area contributed by atoms with Crippen LogP contribution in [0.5, 0.6) is 0 Å². The van der Waals surface area contributed by atoms with Crippen molar-refractivity contribution in [1.29, 1.82) is 0 Å². The lowest BCUT2D eigenvalue weighted by atomic mass is 10.0. The van der Waals surface area contributed by atoms with Crippen LogP contribution in [-0.4, -0.2) is 42.4 Å². The van der Waals surface area contributed by atoms with Gasteiger partial charge < -0.3 is 10.6 Å². The molecule has 1 aliphatic heterocycles. The van der Waals surface area contributed by atoms with E-state index in [-0.39, 0.29) is 23.8 Å². The lowest BCUT2D eigenvalue weighted by Crippen LogP contribution is -2.51. The molecule has 0 unspecified atom stereocenters. The summed E-state index contributed by atoms with van der Waals surface area (Å²) in [6.07, 6.45) is 2.27. The third-order valence-corrected chi connectivity index (χ3v) is 6.34. The van der Waals surface area contributed by atoms with E-state index >= 15 is 0 Å². The fraction of sp³-hybridized carbons (Fsp3) is 0.417. The molecule has 1 aliphatic rings. The zero-order valence-electron chi connectivity index (χ0n) is 17.9. The second-order valence-electron chi connectivity index (χ2n) is 8.20. The van der Waals surface area contributed by atoms with E-state index in [1.165, 1.54) is 0 Å². The Labute approximate surface area is 194 Å². The molecule has 0 aliphatic carbocycles. The molecule has 7 heteroatoms. The molecule has 1 fully saturated rings. The second-order valence-corrected chi connectivity index (χ2v) is 9.01. The Morgan fingerprint density at radius 1 is 0.968 bits per heavy atom. The fourth-order valence-corrected chi connectivity index (χ4v) is 4.42. The van der Waals surface area contributed by atoms with E-state index in [1.54, 1.807) is 24.3 Å². The van der Waals surface area contributed by atoms with Crippen LogP contribution >= 0.6 is 23.2 Å². The molecule has 0 saturated carbocycles. The number of halogens is 2. The Morgan fingerprint density at radius 2 is 1.58 bits per heavy atom. The summed E-state index contributed by atoms with van der Waals surface area (Å²) in [4.78, 5) is 28.1. The maximum Gasteiger partial charge on any atom is 0.253 e. The molecule has 166 valence electrons. The van der Waals surface area contributed by atoms with Crippen molar-refractivity contribution < 1.29 is 9.59 Å². The molecular weight excluding hydrogens is 433 g/mol. The Bertz CT molecular complexity index is 913. The number of likely N-dealkylation sites (tertiary alicyclic amines) is 1. The molecule has 1 saturated heterocycles. The van der Waals surface area contributed by atoms with E-state index in [1.807, 2.05) is 38.1 Å². The molecule has 2 aromatic rings. The molecule has 0 spiro atoms. The van der Waals surface area contributed by atoms with Crippen LogP contribution in [0.25, 0.3) is 0 Å². The highest BCUT2D eigenvalue weighted by Crippen LogP contribution is 2.29. The Hall–Kier alpha value is -2.08. The standard InChI is InChI=1S/C24H29Cl2N3O2/c1-16(2)22(28-23(30)18-10-4-6-12-20(18)26)24(31)27-15-21(29-13-7-8-14-29)17-9-3-5-11-19(17)25/h3-6,9-12,16,21-22H,7-8,13-15H2,1-2H3,(H,27,31)(H,28,30)/t21-,22+/m1/s1. The predicted octanol–water partition coefficient (Wildman–Crippen LogP) is 4.70. The third-order valence-electron chi connectivity index (χ3n) is 5.67. The summed E-state index contributed by atoms with van der Waals surface area (Å²) in [7, 11) is 0. The van der Waals surface area contributed by atoms with Crippen molar-refractivity contribution in [3.63, 3.8) is 0 Å². The van der Waals surface area contributed by atoms with Gasteiger partial charge in [-0.2, -0.15) is 0 Å². The van der Waals surface area contributed by atoms with Crippen LogP contribution in [0.15, 0.2) is 48.5 Å². The van der Waals surface area contributed by atoms with E-state index in [4.69, 9.17) is 23.2 Å². The van der Waals surface area contributed by atoms with Gasteiger partial charge in [0.05, 0.1) is 16.6 Å². The predicted molar refractivity (Wildman–Crippen MR) is 126 cm³/mol. The van der Waals surface area contributed by atoms with Gasteiger partial charge in [0.2, 0.25) is 5.91 Å². The minimum atomic E-state index is -0.672. The quantitative estimate of drug-likeness (QED) is 0.598. The topological polar surface area (TPSA) is 61.4 Å². The summed E-state index contributed by atoms with van der Waals surface area (Å²) in [5, 5.41) is 6.95. The monoisotopic (exact) mass is 461 g/mol. The van der Waals surface area contributed by atoms with Crippen molar-refractivity contribution in [2.24, 2.45) is 5.92 Å². The van der Waals surface area contributed by atoms with E-state index in [9.17, 15) is 9.59 Å². The number of nitrogens with zero attached hydrogens (tertiary/aromatic N) is 1. The molecule has 2 amide bonds. The van der Waals surface area contributed by atoms with Crippen molar-refractivity contribution in [2.45, 2.75) is 38.8 Å². The lowest BCUT2D eigenvalue weighted by molar-refractivity contribution is -0.124. The third kappa shape index (κ3) is 6.00. The minimum Gasteiger partial charge on any atom is -0.352 e. The average Bonchev–Trinajstić information content (AvgIpc) is 3.27. The van der Waals surface area contributed by atoms with Crippen molar-refractivity contribution >= 4 is 35.0 Å². The van der Waals surface area contributed by atoms with Crippen molar-refractivity contribution in [1.82, 2.24) is 15.5 Å². The first-order chi connectivity index (χ1) is 14.9. The highest BCUT2D eigenvalue weighted by atomic mass is 35.5. The highest BCUT2D eigenvalue weighted by molar-refractivity contribution is 6.33. The number of amides is 2. The molecule has 0 bridgehead atoms. The zero-order chi connectivity index (χ0) is 22.4. The molecule has 31 heavy (non-hydrogen) atoms. The molecule has 2 aromatic carbocycles. The molecule has 5 nitrogen and oxygen atoms in total. The first-order valence-electron chi connectivity index (χ1n) is 10.7. The van der Waals surface area contributed by atoms with Crippen molar-refractivity contribution in [3.8, 4) is 0 Å². The number of hydrogen-bond acceptors (Lipinski definition) is 3. The van der Waals surface area contributed by atoms with Gasteiger partial charge >= 0.3 is 0 Å². The molecule has 1 heterocycles. The Kier molecular flexibility index (Phi) is 8.35.